The number of rotatable bonds is 7. The van der Waals surface area contributed by atoms with Crippen molar-refractivity contribution in [1.29, 1.82) is 0 Å². The van der Waals surface area contributed by atoms with Gasteiger partial charge < -0.3 is 20.5 Å². The summed E-state index contributed by atoms with van der Waals surface area (Å²) in [5, 5.41) is 2.61. The molecule has 1 amide bonds. The number of likely N-dealkylation sites (N-methyl/N-ethyl adjacent to an activating group) is 1. The van der Waals surface area contributed by atoms with Crippen LogP contribution in [0.25, 0.3) is 0 Å². The molecule has 0 bridgehead atoms. The summed E-state index contributed by atoms with van der Waals surface area (Å²) >= 11 is 3.16. The van der Waals surface area contributed by atoms with Crippen molar-refractivity contribution in [2.24, 2.45) is 0 Å². The SMILES string of the molecule is COc1ccc(NC(=O)CN(C)S(=O)(=O)c2cc(Br)cnc2N)c(OC)c1. The molecule has 9 nitrogen and oxygen atoms in total. The Kier molecular flexibility index (Phi) is 6.63. The first-order chi connectivity index (χ1) is 12.7. The van der Waals surface area contributed by atoms with Crippen LogP contribution in [0.2, 0.25) is 0 Å². The summed E-state index contributed by atoms with van der Waals surface area (Å²) in [5.74, 6) is 0.240. The standard InChI is InChI=1S/C16H19BrN4O5S/c1-21(27(23,24)14-6-10(17)8-19-16(14)18)9-15(22)20-12-5-4-11(25-2)7-13(12)26-3/h4-8H,9H2,1-3H3,(H2,18,19)(H,20,22). The van der Waals surface area contributed by atoms with Gasteiger partial charge in [-0.1, -0.05) is 0 Å². The van der Waals surface area contributed by atoms with E-state index in [-0.39, 0.29) is 10.7 Å². The molecule has 1 aromatic carbocycles. The largest absolute Gasteiger partial charge is 0.497 e. The second-order valence-corrected chi connectivity index (χ2v) is 8.34. The van der Waals surface area contributed by atoms with Gasteiger partial charge in [0.05, 0.1) is 26.5 Å². The minimum atomic E-state index is -4.00. The average molecular weight is 459 g/mol. The molecule has 0 aliphatic carbocycles. The van der Waals surface area contributed by atoms with E-state index in [1.54, 1.807) is 18.2 Å². The van der Waals surface area contributed by atoms with E-state index < -0.39 is 22.5 Å². The van der Waals surface area contributed by atoms with Crippen LogP contribution < -0.4 is 20.5 Å². The van der Waals surface area contributed by atoms with Crippen molar-refractivity contribution in [3.05, 3.63) is 34.9 Å². The van der Waals surface area contributed by atoms with Crippen LogP contribution in [0.1, 0.15) is 0 Å². The lowest BCUT2D eigenvalue weighted by molar-refractivity contribution is -0.116. The third-order valence-electron chi connectivity index (χ3n) is 3.59. The van der Waals surface area contributed by atoms with E-state index in [1.165, 1.54) is 33.5 Å². The van der Waals surface area contributed by atoms with Crippen LogP contribution in [0.4, 0.5) is 11.5 Å². The maximum Gasteiger partial charge on any atom is 0.246 e. The molecule has 0 saturated carbocycles. The molecule has 3 N–H and O–H groups in total. The zero-order valence-electron chi connectivity index (χ0n) is 14.9. The van der Waals surface area contributed by atoms with Crippen molar-refractivity contribution in [2.75, 3.05) is 38.9 Å². The van der Waals surface area contributed by atoms with Crippen molar-refractivity contribution in [3.63, 3.8) is 0 Å². The molecule has 2 rings (SSSR count). The van der Waals surface area contributed by atoms with E-state index in [0.29, 0.717) is 21.7 Å². The minimum Gasteiger partial charge on any atom is -0.497 e. The van der Waals surface area contributed by atoms with Crippen LogP contribution in [0.3, 0.4) is 0 Å². The van der Waals surface area contributed by atoms with Gasteiger partial charge in [-0.2, -0.15) is 4.31 Å². The van der Waals surface area contributed by atoms with Crippen LogP contribution >= 0.6 is 15.9 Å². The summed E-state index contributed by atoms with van der Waals surface area (Å²) in [6, 6.07) is 6.18. The second-order valence-electron chi connectivity index (χ2n) is 5.41. The molecule has 0 radical (unpaired) electrons. The smallest absolute Gasteiger partial charge is 0.246 e. The topological polar surface area (TPSA) is 124 Å². The third kappa shape index (κ3) is 4.87. The van der Waals surface area contributed by atoms with Crippen LogP contribution in [-0.2, 0) is 14.8 Å². The van der Waals surface area contributed by atoms with E-state index in [2.05, 4.69) is 26.2 Å². The predicted octanol–water partition coefficient (Wildman–Crippen LogP) is 1.70. The predicted molar refractivity (Wildman–Crippen MR) is 104 cm³/mol. The number of nitrogens with one attached hydrogen (secondary N) is 1. The Morgan fingerprint density at radius 1 is 1.30 bits per heavy atom. The molecule has 2 aromatic rings. The lowest BCUT2D eigenvalue weighted by atomic mass is 10.2. The van der Waals surface area contributed by atoms with Gasteiger partial charge in [0, 0.05) is 23.8 Å². The monoisotopic (exact) mass is 458 g/mol. The number of aromatic nitrogens is 1. The lowest BCUT2D eigenvalue weighted by Crippen LogP contribution is -2.35. The van der Waals surface area contributed by atoms with Gasteiger partial charge in [-0.05, 0) is 34.1 Å². The first-order valence-corrected chi connectivity index (χ1v) is 9.81. The molecular formula is C16H19BrN4O5S. The number of ether oxygens (including phenoxy) is 2. The number of carbonyl (C=O) groups excluding carboxylic acids is 1. The Labute approximate surface area is 165 Å². The molecule has 0 spiro atoms. The number of hydrogen-bond acceptors (Lipinski definition) is 7. The number of sulfonamides is 1. The Morgan fingerprint density at radius 3 is 2.63 bits per heavy atom. The summed E-state index contributed by atoms with van der Waals surface area (Å²) in [7, 11) is 0.234. The summed E-state index contributed by atoms with van der Waals surface area (Å²) in [5.41, 5.74) is 6.05. The van der Waals surface area contributed by atoms with Gasteiger partial charge >= 0.3 is 0 Å². The number of amides is 1. The molecule has 0 unspecified atom stereocenters. The number of nitrogens with zero attached hydrogens (tertiary/aromatic N) is 2. The highest BCUT2D eigenvalue weighted by Gasteiger charge is 2.26. The molecule has 1 heterocycles. The number of anilines is 2. The van der Waals surface area contributed by atoms with Gasteiger partial charge in [-0.3, -0.25) is 4.79 Å². The van der Waals surface area contributed by atoms with E-state index >= 15 is 0 Å². The fraction of sp³-hybridized carbons (Fsp3) is 0.250. The van der Waals surface area contributed by atoms with E-state index in [4.69, 9.17) is 15.2 Å². The van der Waals surface area contributed by atoms with Crippen LogP contribution in [0.15, 0.2) is 39.8 Å². The maximum absolute atomic E-state index is 12.7. The summed E-state index contributed by atoms with van der Waals surface area (Å²) in [6.07, 6.45) is 1.39. The molecule has 0 fully saturated rings. The van der Waals surface area contributed by atoms with Crippen molar-refractivity contribution in [2.45, 2.75) is 4.90 Å². The van der Waals surface area contributed by atoms with Gasteiger partial charge in [-0.15, -0.1) is 0 Å². The number of carbonyl (C=O) groups is 1. The number of pyridine rings is 1. The summed E-state index contributed by atoms with van der Waals surface area (Å²) in [6.45, 7) is -0.427. The van der Waals surface area contributed by atoms with Gasteiger partial charge in [0.15, 0.2) is 0 Å². The molecule has 0 aliphatic rings. The van der Waals surface area contributed by atoms with Crippen LogP contribution in [0.5, 0.6) is 11.5 Å². The number of hydrogen-bond donors (Lipinski definition) is 2. The molecule has 1 aromatic heterocycles. The quantitative estimate of drug-likeness (QED) is 0.646. The zero-order valence-corrected chi connectivity index (χ0v) is 17.3. The molecule has 0 aliphatic heterocycles. The van der Waals surface area contributed by atoms with E-state index in [0.717, 1.165) is 4.31 Å². The molecule has 0 atom stereocenters. The van der Waals surface area contributed by atoms with Gasteiger partial charge in [0.2, 0.25) is 15.9 Å². The highest BCUT2D eigenvalue weighted by molar-refractivity contribution is 9.10. The number of benzene rings is 1. The maximum atomic E-state index is 12.7. The first-order valence-electron chi connectivity index (χ1n) is 7.58. The second kappa shape index (κ2) is 8.55. The molecule has 27 heavy (non-hydrogen) atoms. The molecule has 146 valence electrons. The number of methoxy groups -OCH3 is 2. The van der Waals surface area contributed by atoms with Gasteiger partial charge in [-0.25, -0.2) is 13.4 Å². The van der Waals surface area contributed by atoms with Gasteiger partial charge in [0.25, 0.3) is 0 Å². The normalized spacial score (nSPS) is 11.3. The first kappa shape index (κ1) is 20.9. The Hall–Kier alpha value is -2.37. The minimum absolute atomic E-state index is 0.151. The third-order valence-corrected chi connectivity index (χ3v) is 5.85. The summed E-state index contributed by atoms with van der Waals surface area (Å²) < 4.78 is 37.0. The number of nitrogens with two attached hydrogens (primary N) is 1. The molecule has 11 heteroatoms. The Bertz CT molecular complexity index is 952. The van der Waals surface area contributed by atoms with E-state index in [1.807, 2.05) is 0 Å². The van der Waals surface area contributed by atoms with Crippen molar-refractivity contribution >= 4 is 43.4 Å². The highest BCUT2D eigenvalue weighted by atomic mass is 79.9. The van der Waals surface area contributed by atoms with E-state index in [9.17, 15) is 13.2 Å². The zero-order chi connectivity index (χ0) is 20.2. The number of halogens is 1. The summed E-state index contributed by atoms with van der Waals surface area (Å²) in [4.78, 5) is 15.9. The molecule has 0 saturated heterocycles. The van der Waals surface area contributed by atoms with Gasteiger partial charge in [0.1, 0.15) is 22.2 Å². The Balaban J connectivity index is 2.17. The lowest BCUT2D eigenvalue weighted by Gasteiger charge is -2.18. The molecular weight excluding hydrogens is 440 g/mol. The fourth-order valence-corrected chi connectivity index (χ4v) is 3.88. The van der Waals surface area contributed by atoms with Crippen LogP contribution in [0, 0.1) is 0 Å². The van der Waals surface area contributed by atoms with Crippen molar-refractivity contribution in [3.8, 4) is 11.5 Å². The Morgan fingerprint density at radius 2 is 2.00 bits per heavy atom. The average Bonchev–Trinajstić information content (AvgIpc) is 2.63. The van der Waals surface area contributed by atoms with Crippen LogP contribution in [-0.4, -0.2) is 51.4 Å². The van der Waals surface area contributed by atoms with Crippen molar-refractivity contribution < 1.29 is 22.7 Å². The fourth-order valence-electron chi connectivity index (χ4n) is 2.18. The van der Waals surface area contributed by atoms with Crippen molar-refractivity contribution in [1.82, 2.24) is 9.29 Å². The number of nitrogen functional groups attached to an aromatic ring is 1. The highest BCUT2D eigenvalue weighted by Crippen LogP contribution is 2.29.